The first-order valence-corrected chi connectivity index (χ1v) is 11.1. The zero-order valence-electron chi connectivity index (χ0n) is 19.6. The minimum atomic E-state index is -0.605. The molecule has 0 aliphatic rings. The Hall–Kier alpha value is -2.82. The summed E-state index contributed by atoms with van der Waals surface area (Å²) in [5, 5.41) is 2.98. The predicted octanol–water partition coefficient (Wildman–Crippen LogP) is 4.83. The lowest BCUT2D eigenvalue weighted by molar-refractivity contribution is -0.142. The van der Waals surface area contributed by atoms with E-state index >= 15 is 0 Å². The molecule has 2 aromatic carbocycles. The van der Waals surface area contributed by atoms with Crippen LogP contribution in [0.25, 0.3) is 0 Å². The monoisotopic (exact) mass is 424 g/mol. The van der Waals surface area contributed by atoms with Gasteiger partial charge in [0.25, 0.3) is 5.91 Å². The summed E-state index contributed by atoms with van der Waals surface area (Å²) in [5.74, 6) is 0.622. The summed E-state index contributed by atoms with van der Waals surface area (Å²) in [6, 6.07) is 15.2. The number of rotatable bonds is 10. The average Bonchev–Trinajstić information content (AvgIpc) is 2.76. The summed E-state index contributed by atoms with van der Waals surface area (Å²) in [7, 11) is 0. The van der Waals surface area contributed by atoms with Gasteiger partial charge in [-0.05, 0) is 50.3 Å². The second-order valence-corrected chi connectivity index (χ2v) is 8.48. The molecular formula is C26H36N2O3. The maximum Gasteiger partial charge on any atom is 0.261 e. The van der Waals surface area contributed by atoms with E-state index in [1.165, 1.54) is 0 Å². The molecule has 5 heteroatoms. The molecule has 0 spiro atoms. The number of nitrogens with zero attached hydrogens (tertiary/aromatic N) is 1. The van der Waals surface area contributed by atoms with Gasteiger partial charge in [0, 0.05) is 12.6 Å². The molecule has 1 N–H and O–H groups in total. The Morgan fingerprint density at radius 3 is 2.26 bits per heavy atom. The maximum absolute atomic E-state index is 13.2. The van der Waals surface area contributed by atoms with Crippen LogP contribution in [-0.4, -0.2) is 35.4 Å². The lowest BCUT2D eigenvalue weighted by atomic mass is 10.0. The van der Waals surface area contributed by atoms with Crippen LogP contribution in [0.2, 0.25) is 0 Å². The Morgan fingerprint density at radius 1 is 1.00 bits per heavy atom. The zero-order valence-corrected chi connectivity index (χ0v) is 19.6. The van der Waals surface area contributed by atoms with Crippen molar-refractivity contribution in [3.05, 3.63) is 65.2 Å². The number of carbonyl (C=O) groups is 2. The minimum Gasteiger partial charge on any atom is -0.483 e. The highest BCUT2D eigenvalue weighted by Crippen LogP contribution is 2.26. The molecule has 0 saturated heterocycles. The Labute approximate surface area is 186 Å². The molecule has 5 nitrogen and oxygen atoms in total. The highest BCUT2D eigenvalue weighted by molar-refractivity contribution is 5.88. The summed E-state index contributed by atoms with van der Waals surface area (Å²) in [6.45, 7) is 12.2. The fourth-order valence-corrected chi connectivity index (χ4v) is 3.25. The van der Waals surface area contributed by atoms with Crippen molar-refractivity contribution in [3.8, 4) is 5.75 Å². The SMILES string of the molecule is CCC(C)NC(=O)C(C)N(Cc1ccc(C)cc1)C(=O)COc1ccccc1C(C)C. The van der Waals surface area contributed by atoms with Gasteiger partial charge >= 0.3 is 0 Å². The van der Waals surface area contributed by atoms with Gasteiger partial charge in [-0.15, -0.1) is 0 Å². The van der Waals surface area contributed by atoms with Crippen molar-refractivity contribution in [2.75, 3.05) is 6.61 Å². The second kappa shape index (κ2) is 11.5. The van der Waals surface area contributed by atoms with Gasteiger partial charge in [0.05, 0.1) is 0 Å². The third-order valence-electron chi connectivity index (χ3n) is 5.53. The van der Waals surface area contributed by atoms with Gasteiger partial charge in [0.15, 0.2) is 6.61 Å². The van der Waals surface area contributed by atoms with Gasteiger partial charge in [0.1, 0.15) is 11.8 Å². The lowest BCUT2D eigenvalue weighted by Gasteiger charge is -2.30. The number of aryl methyl sites for hydroxylation is 1. The number of para-hydroxylation sites is 1. The molecule has 0 aromatic heterocycles. The molecule has 0 saturated carbocycles. The first kappa shape index (κ1) is 24.4. The zero-order chi connectivity index (χ0) is 23.0. The first-order valence-electron chi connectivity index (χ1n) is 11.1. The van der Waals surface area contributed by atoms with Crippen LogP contribution >= 0.6 is 0 Å². The van der Waals surface area contributed by atoms with Crippen molar-refractivity contribution >= 4 is 11.8 Å². The van der Waals surface area contributed by atoms with E-state index in [4.69, 9.17) is 4.74 Å². The Balaban J connectivity index is 2.19. The van der Waals surface area contributed by atoms with Crippen molar-refractivity contribution in [1.82, 2.24) is 10.2 Å². The molecule has 31 heavy (non-hydrogen) atoms. The molecule has 2 amide bonds. The number of ether oxygens (including phenoxy) is 1. The summed E-state index contributed by atoms with van der Waals surface area (Å²) < 4.78 is 5.91. The van der Waals surface area contributed by atoms with E-state index in [0.29, 0.717) is 12.3 Å². The standard InChI is InChI=1S/C26H36N2O3/c1-7-20(5)27-26(30)21(6)28(16-22-14-12-19(4)13-15-22)25(29)17-31-24-11-9-8-10-23(24)18(2)3/h8-15,18,20-21H,7,16-17H2,1-6H3,(H,27,30). The van der Waals surface area contributed by atoms with Crippen LogP contribution in [0.1, 0.15) is 63.6 Å². The minimum absolute atomic E-state index is 0.0560. The Bertz CT molecular complexity index is 861. The fourth-order valence-electron chi connectivity index (χ4n) is 3.25. The number of carbonyl (C=O) groups excluding carboxylic acids is 2. The van der Waals surface area contributed by atoms with Crippen molar-refractivity contribution in [1.29, 1.82) is 0 Å². The van der Waals surface area contributed by atoms with Crippen molar-refractivity contribution in [2.24, 2.45) is 0 Å². The number of nitrogens with one attached hydrogen (secondary N) is 1. The highest BCUT2D eigenvalue weighted by Gasteiger charge is 2.27. The number of amides is 2. The summed E-state index contributed by atoms with van der Waals surface area (Å²) in [4.78, 5) is 27.6. The van der Waals surface area contributed by atoms with Crippen LogP contribution in [0.3, 0.4) is 0 Å². The fraction of sp³-hybridized carbons (Fsp3) is 0.462. The molecule has 168 valence electrons. The Morgan fingerprint density at radius 2 is 1.65 bits per heavy atom. The van der Waals surface area contributed by atoms with Gasteiger partial charge in [0.2, 0.25) is 5.91 Å². The topological polar surface area (TPSA) is 58.6 Å². The summed E-state index contributed by atoms with van der Waals surface area (Å²) in [5.41, 5.74) is 3.19. The number of hydrogen-bond donors (Lipinski definition) is 1. The first-order chi connectivity index (χ1) is 14.7. The molecular weight excluding hydrogens is 388 g/mol. The van der Waals surface area contributed by atoms with Crippen molar-refractivity contribution in [3.63, 3.8) is 0 Å². The number of benzene rings is 2. The molecule has 0 bridgehead atoms. The summed E-state index contributed by atoms with van der Waals surface area (Å²) >= 11 is 0. The summed E-state index contributed by atoms with van der Waals surface area (Å²) in [6.07, 6.45) is 0.833. The maximum atomic E-state index is 13.2. The van der Waals surface area contributed by atoms with Crippen LogP contribution in [0, 0.1) is 6.92 Å². The molecule has 0 aliphatic carbocycles. The number of hydrogen-bond acceptors (Lipinski definition) is 3. The highest BCUT2D eigenvalue weighted by atomic mass is 16.5. The molecule has 0 fully saturated rings. The average molecular weight is 425 g/mol. The van der Waals surface area contributed by atoms with Gasteiger partial charge < -0.3 is 15.0 Å². The Kier molecular flexibility index (Phi) is 9.10. The lowest BCUT2D eigenvalue weighted by Crippen LogP contribution is -2.50. The third kappa shape index (κ3) is 7.12. The van der Waals surface area contributed by atoms with Crippen molar-refractivity contribution in [2.45, 2.75) is 72.5 Å². The molecule has 2 unspecified atom stereocenters. The van der Waals surface area contributed by atoms with Gasteiger partial charge in [-0.1, -0.05) is 68.8 Å². The van der Waals surface area contributed by atoms with E-state index in [0.717, 1.165) is 23.1 Å². The smallest absolute Gasteiger partial charge is 0.261 e. The quantitative estimate of drug-likeness (QED) is 0.594. The normalized spacial score (nSPS) is 12.9. The van der Waals surface area contributed by atoms with E-state index in [2.05, 4.69) is 19.2 Å². The van der Waals surface area contributed by atoms with E-state index < -0.39 is 6.04 Å². The molecule has 2 atom stereocenters. The third-order valence-corrected chi connectivity index (χ3v) is 5.53. The van der Waals surface area contributed by atoms with E-state index in [1.54, 1.807) is 11.8 Å². The molecule has 2 rings (SSSR count). The van der Waals surface area contributed by atoms with E-state index in [1.807, 2.05) is 69.3 Å². The van der Waals surface area contributed by atoms with Crippen LogP contribution in [-0.2, 0) is 16.1 Å². The largest absolute Gasteiger partial charge is 0.483 e. The molecule has 0 radical (unpaired) electrons. The van der Waals surface area contributed by atoms with Crippen LogP contribution in [0.4, 0.5) is 0 Å². The van der Waals surface area contributed by atoms with Gasteiger partial charge in [-0.3, -0.25) is 9.59 Å². The van der Waals surface area contributed by atoms with Gasteiger partial charge in [-0.25, -0.2) is 0 Å². The molecule has 0 aliphatic heterocycles. The van der Waals surface area contributed by atoms with Crippen LogP contribution < -0.4 is 10.1 Å². The van der Waals surface area contributed by atoms with Crippen LogP contribution in [0.5, 0.6) is 5.75 Å². The predicted molar refractivity (Wildman–Crippen MR) is 125 cm³/mol. The van der Waals surface area contributed by atoms with E-state index in [-0.39, 0.29) is 30.4 Å². The molecule has 2 aromatic rings. The van der Waals surface area contributed by atoms with E-state index in [9.17, 15) is 9.59 Å². The molecule has 0 heterocycles. The second-order valence-electron chi connectivity index (χ2n) is 8.48. The van der Waals surface area contributed by atoms with Gasteiger partial charge in [-0.2, -0.15) is 0 Å². The van der Waals surface area contributed by atoms with Crippen molar-refractivity contribution < 1.29 is 14.3 Å². The van der Waals surface area contributed by atoms with Crippen LogP contribution in [0.15, 0.2) is 48.5 Å².